The van der Waals surface area contributed by atoms with Crippen molar-refractivity contribution in [1.29, 1.82) is 0 Å². The molecule has 0 aliphatic carbocycles. The van der Waals surface area contributed by atoms with Crippen LogP contribution in [0.25, 0.3) is 0 Å². The predicted molar refractivity (Wildman–Crippen MR) is 71.8 cm³/mol. The van der Waals surface area contributed by atoms with E-state index in [1.165, 1.54) is 0 Å². The molecular formula is C13H16ClF5N2. The van der Waals surface area contributed by atoms with Crippen molar-refractivity contribution in [3.8, 4) is 0 Å². The van der Waals surface area contributed by atoms with E-state index in [4.69, 9.17) is 0 Å². The number of nitrogens with one attached hydrogen (secondary N) is 1. The predicted octanol–water partition coefficient (Wildman–Crippen LogP) is 3.18. The second kappa shape index (κ2) is 7.38. The standard InChI is InChI=1S/C13H15F5N2.ClH/c14-8-12(20-5-3-19-4-6-20)9-1-2-10(11(15)7-9)13(16,17)18;/h1-2,7,12,19H,3-6,8H2;1H/t12-;/m0./s1. The lowest BCUT2D eigenvalue weighted by atomic mass is 10.0. The molecule has 1 N–H and O–H groups in total. The zero-order valence-corrected chi connectivity index (χ0v) is 11.9. The molecule has 0 bridgehead atoms. The van der Waals surface area contributed by atoms with Crippen LogP contribution in [0.4, 0.5) is 22.0 Å². The number of hydrogen-bond donors (Lipinski definition) is 1. The Balaban J connectivity index is 0.00000220. The van der Waals surface area contributed by atoms with Gasteiger partial charge in [-0.2, -0.15) is 13.2 Å². The molecular weight excluding hydrogens is 315 g/mol. The minimum absolute atomic E-state index is 0. The zero-order valence-electron chi connectivity index (χ0n) is 11.1. The topological polar surface area (TPSA) is 15.3 Å². The molecule has 0 aromatic heterocycles. The Labute approximate surface area is 125 Å². The molecule has 2 rings (SSSR count). The highest BCUT2D eigenvalue weighted by molar-refractivity contribution is 5.85. The SMILES string of the molecule is Cl.FC[C@@H](c1ccc(C(F)(F)F)c(F)c1)N1CCNCC1. The fourth-order valence-corrected chi connectivity index (χ4v) is 2.36. The minimum Gasteiger partial charge on any atom is -0.314 e. The van der Waals surface area contributed by atoms with Crippen LogP contribution in [0.1, 0.15) is 17.2 Å². The van der Waals surface area contributed by atoms with Gasteiger partial charge in [0.2, 0.25) is 0 Å². The summed E-state index contributed by atoms with van der Waals surface area (Å²) in [5.74, 6) is -1.36. The van der Waals surface area contributed by atoms with Gasteiger partial charge in [-0.1, -0.05) is 6.07 Å². The highest BCUT2D eigenvalue weighted by Gasteiger charge is 2.34. The zero-order chi connectivity index (χ0) is 14.8. The van der Waals surface area contributed by atoms with Crippen LogP contribution in [0.3, 0.4) is 0 Å². The third kappa shape index (κ3) is 4.28. The van der Waals surface area contributed by atoms with Crippen LogP contribution in [0.5, 0.6) is 0 Å². The van der Waals surface area contributed by atoms with Gasteiger partial charge < -0.3 is 5.32 Å². The molecule has 0 unspecified atom stereocenters. The molecule has 120 valence electrons. The monoisotopic (exact) mass is 330 g/mol. The second-order valence-electron chi connectivity index (χ2n) is 4.69. The highest BCUT2D eigenvalue weighted by Crippen LogP contribution is 2.33. The molecule has 8 heteroatoms. The molecule has 21 heavy (non-hydrogen) atoms. The van der Waals surface area contributed by atoms with Gasteiger partial charge in [0.25, 0.3) is 0 Å². The van der Waals surface area contributed by atoms with E-state index in [2.05, 4.69) is 5.32 Å². The van der Waals surface area contributed by atoms with Crippen LogP contribution in [0.2, 0.25) is 0 Å². The van der Waals surface area contributed by atoms with E-state index >= 15 is 0 Å². The van der Waals surface area contributed by atoms with Gasteiger partial charge in [-0.25, -0.2) is 8.78 Å². The van der Waals surface area contributed by atoms with Gasteiger partial charge in [-0.05, 0) is 17.7 Å². The first kappa shape index (κ1) is 18.1. The summed E-state index contributed by atoms with van der Waals surface area (Å²) in [4.78, 5) is 1.80. The van der Waals surface area contributed by atoms with Crippen molar-refractivity contribution in [3.63, 3.8) is 0 Å². The first-order valence-corrected chi connectivity index (χ1v) is 6.31. The Morgan fingerprint density at radius 1 is 1.19 bits per heavy atom. The Morgan fingerprint density at radius 2 is 1.81 bits per heavy atom. The van der Waals surface area contributed by atoms with Gasteiger partial charge in [0.1, 0.15) is 12.5 Å². The van der Waals surface area contributed by atoms with E-state index in [9.17, 15) is 22.0 Å². The van der Waals surface area contributed by atoms with Gasteiger partial charge in [-0.3, -0.25) is 4.90 Å². The molecule has 1 aromatic carbocycles. The summed E-state index contributed by atoms with van der Waals surface area (Å²) in [5.41, 5.74) is -1.08. The van der Waals surface area contributed by atoms with Crippen LogP contribution < -0.4 is 5.32 Å². The average Bonchev–Trinajstić information content (AvgIpc) is 2.39. The summed E-state index contributed by atoms with van der Waals surface area (Å²) in [5, 5.41) is 3.10. The number of piperazine rings is 1. The molecule has 1 aliphatic heterocycles. The van der Waals surface area contributed by atoms with E-state index < -0.39 is 30.3 Å². The van der Waals surface area contributed by atoms with E-state index in [0.29, 0.717) is 32.2 Å². The molecule has 1 saturated heterocycles. The van der Waals surface area contributed by atoms with Gasteiger partial charge in [0.05, 0.1) is 11.6 Å². The van der Waals surface area contributed by atoms with Crippen molar-refractivity contribution in [2.24, 2.45) is 0 Å². The second-order valence-corrected chi connectivity index (χ2v) is 4.69. The van der Waals surface area contributed by atoms with Crippen molar-refractivity contribution in [1.82, 2.24) is 10.2 Å². The van der Waals surface area contributed by atoms with E-state index in [0.717, 1.165) is 12.1 Å². The third-order valence-corrected chi connectivity index (χ3v) is 3.42. The summed E-state index contributed by atoms with van der Waals surface area (Å²) in [6.07, 6.45) is -4.73. The van der Waals surface area contributed by atoms with Crippen LogP contribution >= 0.6 is 12.4 Å². The highest BCUT2D eigenvalue weighted by atomic mass is 35.5. The third-order valence-electron chi connectivity index (χ3n) is 3.42. The average molecular weight is 331 g/mol. The lowest BCUT2D eigenvalue weighted by Gasteiger charge is -2.33. The van der Waals surface area contributed by atoms with Crippen LogP contribution in [-0.4, -0.2) is 37.8 Å². The number of benzene rings is 1. The molecule has 1 aliphatic rings. The van der Waals surface area contributed by atoms with Crippen molar-refractivity contribution < 1.29 is 22.0 Å². The molecule has 0 spiro atoms. The van der Waals surface area contributed by atoms with Crippen LogP contribution in [0.15, 0.2) is 18.2 Å². The molecule has 2 nitrogen and oxygen atoms in total. The van der Waals surface area contributed by atoms with E-state index in [1.54, 1.807) is 4.90 Å². The fourth-order valence-electron chi connectivity index (χ4n) is 2.36. The van der Waals surface area contributed by atoms with Gasteiger partial charge in [0.15, 0.2) is 0 Å². The summed E-state index contributed by atoms with van der Waals surface area (Å²) in [6.45, 7) is 1.76. The molecule has 0 saturated carbocycles. The number of rotatable bonds is 3. The fraction of sp³-hybridized carbons (Fsp3) is 0.538. The maximum absolute atomic E-state index is 13.5. The molecule has 1 atom stereocenters. The molecule has 1 heterocycles. The number of hydrogen-bond acceptors (Lipinski definition) is 2. The normalized spacial score (nSPS) is 18.1. The van der Waals surface area contributed by atoms with Crippen molar-refractivity contribution in [2.75, 3.05) is 32.9 Å². The van der Waals surface area contributed by atoms with Crippen LogP contribution in [0, 0.1) is 5.82 Å². The first-order valence-electron chi connectivity index (χ1n) is 6.31. The Kier molecular flexibility index (Phi) is 6.37. The molecule has 1 aromatic rings. The Hall–Kier alpha value is -0.920. The molecule has 0 radical (unpaired) electrons. The maximum atomic E-state index is 13.5. The van der Waals surface area contributed by atoms with E-state index in [-0.39, 0.29) is 18.0 Å². The van der Waals surface area contributed by atoms with Gasteiger partial charge in [0, 0.05) is 26.2 Å². The van der Waals surface area contributed by atoms with E-state index in [1.807, 2.05) is 0 Å². The van der Waals surface area contributed by atoms with Crippen molar-refractivity contribution >= 4 is 12.4 Å². The van der Waals surface area contributed by atoms with Gasteiger partial charge in [-0.15, -0.1) is 12.4 Å². The van der Waals surface area contributed by atoms with Crippen molar-refractivity contribution in [3.05, 3.63) is 35.1 Å². The maximum Gasteiger partial charge on any atom is 0.419 e. The van der Waals surface area contributed by atoms with Crippen LogP contribution in [-0.2, 0) is 6.18 Å². The number of nitrogens with zero attached hydrogens (tertiary/aromatic N) is 1. The Bertz CT molecular complexity index is 460. The smallest absolute Gasteiger partial charge is 0.314 e. The first-order chi connectivity index (χ1) is 9.43. The Morgan fingerprint density at radius 3 is 2.29 bits per heavy atom. The molecule has 0 amide bonds. The van der Waals surface area contributed by atoms with Gasteiger partial charge >= 0.3 is 6.18 Å². The molecule has 1 fully saturated rings. The number of halogens is 6. The summed E-state index contributed by atoms with van der Waals surface area (Å²) >= 11 is 0. The minimum atomic E-state index is -4.73. The lowest BCUT2D eigenvalue weighted by molar-refractivity contribution is -0.140. The largest absolute Gasteiger partial charge is 0.419 e. The summed E-state index contributed by atoms with van der Waals surface area (Å²) in [7, 11) is 0. The number of alkyl halides is 4. The van der Waals surface area contributed by atoms with Crippen molar-refractivity contribution in [2.45, 2.75) is 12.2 Å². The lowest BCUT2D eigenvalue weighted by Crippen LogP contribution is -2.45. The quantitative estimate of drug-likeness (QED) is 0.856. The summed E-state index contributed by atoms with van der Waals surface area (Å²) in [6, 6.07) is 1.91. The summed E-state index contributed by atoms with van der Waals surface area (Å²) < 4.78 is 64.2.